The second kappa shape index (κ2) is 6.95. The Balaban J connectivity index is 1.92. The molecule has 0 saturated carbocycles. The first-order chi connectivity index (χ1) is 11.5. The largest absolute Gasteiger partial charge is 0.337 e. The van der Waals surface area contributed by atoms with Gasteiger partial charge in [0.15, 0.2) is 0 Å². The van der Waals surface area contributed by atoms with Crippen LogP contribution in [0.15, 0.2) is 18.2 Å². The summed E-state index contributed by atoms with van der Waals surface area (Å²) in [4.78, 5) is 15.2. The summed E-state index contributed by atoms with van der Waals surface area (Å²) in [6.45, 7) is 10.8. The first-order valence-corrected chi connectivity index (χ1v) is 8.91. The lowest BCUT2D eigenvalue weighted by Gasteiger charge is -2.32. The molecule has 130 valence electrons. The molecule has 1 N–H and O–H groups in total. The van der Waals surface area contributed by atoms with Crippen LogP contribution in [0.1, 0.15) is 35.5 Å². The van der Waals surface area contributed by atoms with Crippen LogP contribution >= 0.6 is 0 Å². The molecular formula is C19H28N4O. The van der Waals surface area contributed by atoms with Crippen molar-refractivity contribution in [3.63, 3.8) is 0 Å². The van der Waals surface area contributed by atoms with Gasteiger partial charge in [-0.25, -0.2) is 5.01 Å². The molecule has 1 amide bonds. The van der Waals surface area contributed by atoms with E-state index in [1.165, 1.54) is 10.9 Å². The Morgan fingerprint density at radius 3 is 2.50 bits per heavy atom. The van der Waals surface area contributed by atoms with E-state index in [4.69, 9.17) is 0 Å². The molecule has 0 aliphatic carbocycles. The van der Waals surface area contributed by atoms with Crippen molar-refractivity contribution in [1.29, 1.82) is 0 Å². The van der Waals surface area contributed by atoms with Crippen molar-refractivity contribution in [1.82, 2.24) is 19.9 Å². The summed E-state index contributed by atoms with van der Waals surface area (Å²) in [5.41, 5.74) is 7.44. The molecule has 0 spiro atoms. The molecule has 1 aromatic carbocycles. The van der Waals surface area contributed by atoms with Crippen LogP contribution in [0.5, 0.6) is 0 Å². The fourth-order valence-electron chi connectivity index (χ4n) is 3.53. The molecule has 1 fully saturated rings. The number of fused-ring (bicyclic) bond motifs is 1. The number of piperazine rings is 1. The van der Waals surface area contributed by atoms with Crippen LogP contribution in [0.25, 0.3) is 10.9 Å². The topological polar surface area (TPSA) is 40.5 Å². The van der Waals surface area contributed by atoms with Gasteiger partial charge in [0.25, 0.3) is 5.91 Å². The van der Waals surface area contributed by atoms with Crippen molar-refractivity contribution in [3.05, 3.63) is 35.0 Å². The quantitative estimate of drug-likeness (QED) is 0.937. The van der Waals surface area contributed by atoms with Crippen molar-refractivity contribution < 1.29 is 4.79 Å². The molecule has 1 aromatic heterocycles. The van der Waals surface area contributed by atoms with Crippen LogP contribution in [0.3, 0.4) is 0 Å². The van der Waals surface area contributed by atoms with Crippen LogP contribution in [0, 0.1) is 6.92 Å². The highest BCUT2D eigenvalue weighted by atomic mass is 16.2. The van der Waals surface area contributed by atoms with Gasteiger partial charge in [-0.05, 0) is 50.6 Å². The summed E-state index contributed by atoms with van der Waals surface area (Å²) >= 11 is 0. The maximum atomic E-state index is 12.9. The van der Waals surface area contributed by atoms with Crippen LogP contribution < -0.4 is 5.43 Å². The standard InChI is InChI=1S/C19H28N4O/c1-5-15-7-8-17-16(13-15)14(3)18(23(17)6-2)19(24)20-22-11-9-21(4)10-12-22/h7-8,13H,5-6,9-12H2,1-4H3,(H,20,24). The number of nitrogens with zero attached hydrogens (tertiary/aromatic N) is 3. The number of aromatic nitrogens is 1. The van der Waals surface area contributed by atoms with Gasteiger partial charge in [-0.15, -0.1) is 0 Å². The lowest BCUT2D eigenvalue weighted by atomic mass is 10.1. The molecule has 0 atom stereocenters. The number of rotatable bonds is 4. The highest BCUT2D eigenvalue weighted by Gasteiger charge is 2.22. The molecule has 5 nitrogen and oxygen atoms in total. The first kappa shape index (κ1) is 17.0. The summed E-state index contributed by atoms with van der Waals surface area (Å²) in [5.74, 6) is 0.00755. The molecule has 0 radical (unpaired) electrons. The number of hydrogen-bond donors (Lipinski definition) is 1. The zero-order chi connectivity index (χ0) is 17.3. The normalized spacial score (nSPS) is 16.7. The number of likely N-dealkylation sites (N-methyl/N-ethyl adjacent to an activating group) is 1. The number of hydrazine groups is 1. The predicted molar refractivity (Wildman–Crippen MR) is 98.3 cm³/mol. The van der Waals surface area contributed by atoms with Crippen molar-refractivity contribution in [3.8, 4) is 0 Å². The molecule has 24 heavy (non-hydrogen) atoms. The van der Waals surface area contributed by atoms with Gasteiger partial charge in [0.2, 0.25) is 0 Å². The maximum Gasteiger partial charge on any atom is 0.282 e. The van der Waals surface area contributed by atoms with Crippen molar-refractivity contribution >= 4 is 16.8 Å². The van der Waals surface area contributed by atoms with Gasteiger partial charge in [0.05, 0.1) is 0 Å². The average Bonchev–Trinajstić information content (AvgIpc) is 2.88. The second-order valence-corrected chi connectivity index (χ2v) is 6.65. The second-order valence-electron chi connectivity index (χ2n) is 6.65. The zero-order valence-corrected chi connectivity index (χ0v) is 15.2. The van der Waals surface area contributed by atoms with Gasteiger partial charge in [0, 0.05) is 43.6 Å². The predicted octanol–water partition coefficient (Wildman–Crippen LogP) is 2.42. The van der Waals surface area contributed by atoms with E-state index in [-0.39, 0.29) is 5.91 Å². The van der Waals surface area contributed by atoms with Crippen LogP contribution in [-0.4, -0.2) is 53.6 Å². The molecular weight excluding hydrogens is 300 g/mol. The van der Waals surface area contributed by atoms with Crippen LogP contribution in [0.2, 0.25) is 0 Å². The van der Waals surface area contributed by atoms with E-state index in [0.29, 0.717) is 0 Å². The van der Waals surface area contributed by atoms with Crippen molar-refractivity contribution in [2.75, 3.05) is 33.2 Å². The van der Waals surface area contributed by atoms with E-state index in [0.717, 1.165) is 55.9 Å². The highest BCUT2D eigenvalue weighted by molar-refractivity contribution is 6.01. The number of carbonyl (C=O) groups is 1. The molecule has 1 aliphatic heterocycles. The van der Waals surface area contributed by atoms with Crippen LogP contribution in [-0.2, 0) is 13.0 Å². The molecule has 5 heteroatoms. The number of hydrogen-bond acceptors (Lipinski definition) is 3. The van der Waals surface area contributed by atoms with Gasteiger partial charge in [-0.3, -0.25) is 10.2 Å². The minimum atomic E-state index is 0.00755. The number of nitrogens with one attached hydrogen (secondary N) is 1. The third-order valence-corrected chi connectivity index (χ3v) is 5.08. The third-order valence-electron chi connectivity index (χ3n) is 5.08. The molecule has 2 aromatic rings. The van der Waals surface area contributed by atoms with E-state index in [1.807, 2.05) is 5.01 Å². The van der Waals surface area contributed by atoms with Gasteiger partial charge >= 0.3 is 0 Å². The van der Waals surface area contributed by atoms with Gasteiger partial charge in [-0.2, -0.15) is 0 Å². The highest BCUT2D eigenvalue weighted by Crippen LogP contribution is 2.27. The number of benzene rings is 1. The molecule has 0 unspecified atom stereocenters. The lowest BCUT2D eigenvalue weighted by Crippen LogP contribution is -2.52. The van der Waals surface area contributed by atoms with E-state index >= 15 is 0 Å². The minimum Gasteiger partial charge on any atom is -0.337 e. The maximum absolute atomic E-state index is 12.9. The van der Waals surface area contributed by atoms with Gasteiger partial charge in [0.1, 0.15) is 5.69 Å². The Labute approximate surface area is 144 Å². The number of amides is 1. The molecule has 0 bridgehead atoms. The molecule has 1 saturated heterocycles. The van der Waals surface area contributed by atoms with Gasteiger partial charge in [-0.1, -0.05) is 13.0 Å². The Bertz CT molecular complexity index is 741. The zero-order valence-electron chi connectivity index (χ0n) is 15.2. The minimum absolute atomic E-state index is 0.00755. The average molecular weight is 328 g/mol. The fourth-order valence-corrected chi connectivity index (χ4v) is 3.53. The van der Waals surface area contributed by atoms with E-state index < -0.39 is 0 Å². The summed E-state index contributed by atoms with van der Waals surface area (Å²) < 4.78 is 2.13. The van der Waals surface area contributed by atoms with Gasteiger partial charge < -0.3 is 9.47 Å². The summed E-state index contributed by atoms with van der Waals surface area (Å²) in [7, 11) is 2.11. The van der Waals surface area contributed by atoms with E-state index in [1.54, 1.807) is 0 Å². The number of carbonyl (C=O) groups excluding carboxylic acids is 1. The molecule has 3 rings (SSSR count). The fraction of sp³-hybridized carbons (Fsp3) is 0.526. The lowest BCUT2D eigenvalue weighted by molar-refractivity contribution is 0.0653. The first-order valence-electron chi connectivity index (χ1n) is 8.91. The third kappa shape index (κ3) is 3.06. The Morgan fingerprint density at radius 2 is 1.88 bits per heavy atom. The van der Waals surface area contributed by atoms with E-state index in [9.17, 15) is 4.79 Å². The molecule has 1 aliphatic rings. The van der Waals surface area contributed by atoms with Crippen LogP contribution in [0.4, 0.5) is 0 Å². The summed E-state index contributed by atoms with van der Waals surface area (Å²) in [6, 6.07) is 6.54. The Morgan fingerprint density at radius 1 is 1.17 bits per heavy atom. The number of aryl methyl sites for hydroxylation is 3. The molecule has 2 heterocycles. The SMILES string of the molecule is CCc1ccc2c(c1)c(C)c(C(=O)NN1CCN(C)CC1)n2CC. The van der Waals surface area contributed by atoms with Crippen molar-refractivity contribution in [2.24, 2.45) is 0 Å². The summed E-state index contributed by atoms with van der Waals surface area (Å²) in [5, 5.41) is 3.23. The smallest absolute Gasteiger partial charge is 0.282 e. The summed E-state index contributed by atoms with van der Waals surface area (Å²) in [6.07, 6.45) is 1.01. The van der Waals surface area contributed by atoms with Crippen molar-refractivity contribution in [2.45, 2.75) is 33.7 Å². The van der Waals surface area contributed by atoms with E-state index in [2.05, 4.69) is 60.9 Å². The Hall–Kier alpha value is -1.85. The monoisotopic (exact) mass is 328 g/mol. The Kier molecular flexibility index (Phi) is 4.92.